The Morgan fingerprint density at radius 2 is 2.00 bits per heavy atom. The van der Waals surface area contributed by atoms with E-state index >= 15 is 0 Å². The van der Waals surface area contributed by atoms with Gasteiger partial charge in [-0.05, 0) is 49.6 Å². The Bertz CT molecular complexity index is 591. The number of hydrogen-bond acceptors (Lipinski definition) is 3. The third kappa shape index (κ3) is 6.59. The van der Waals surface area contributed by atoms with Gasteiger partial charge < -0.3 is 15.4 Å². The predicted octanol–water partition coefficient (Wildman–Crippen LogP) is 3.64. The molecule has 5 nitrogen and oxygen atoms in total. The second-order valence-corrected chi connectivity index (χ2v) is 8.16. The first-order valence-corrected chi connectivity index (χ1v) is 10.5. The maximum atomic E-state index is 5.30. The first-order valence-electron chi connectivity index (χ1n) is 10.5. The molecule has 0 spiro atoms. The molecule has 2 N–H and O–H groups in total. The van der Waals surface area contributed by atoms with Gasteiger partial charge in [-0.1, -0.05) is 36.8 Å². The van der Waals surface area contributed by atoms with Crippen molar-refractivity contribution in [1.29, 1.82) is 0 Å². The predicted molar refractivity (Wildman–Crippen MR) is 127 cm³/mol. The summed E-state index contributed by atoms with van der Waals surface area (Å²) in [5, 5.41) is 7.14. The number of benzene rings is 1. The Labute approximate surface area is 187 Å². The van der Waals surface area contributed by atoms with Crippen molar-refractivity contribution in [2.24, 2.45) is 10.4 Å². The molecule has 2 fully saturated rings. The van der Waals surface area contributed by atoms with Gasteiger partial charge in [0, 0.05) is 46.4 Å². The molecular weight excluding hydrogens is 463 g/mol. The minimum atomic E-state index is 0. The van der Waals surface area contributed by atoms with Gasteiger partial charge in [0.25, 0.3) is 0 Å². The van der Waals surface area contributed by atoms with Crippen LogP contribution < -0.4 is 10.6 Å². The van der Waals surface area contributed by atoms with E-state index in [1.54, 1.807) is 7.11 Å². The Balaban J connectivity index is 0.00000280. The number of guanidine groups is 1. The van der Waals surface area contributed by atoms with E-state index in [9.17, 15) is 0 Å². The van der Waals surface area contributed by atoms with Gasteiger partial charge in [0.05, 0.1) is 0 Å². The summed E-state index contributed by atoms with van der Waals surface area (Å²) in [7, 11) is 3.66. The molecule has 0 aromatic heterocycles. The van der Waals surface area contributed by atoms with Crippen LogP contribution in [0.3, 0.4) is 0 Å². The SMILES string of the molecule is CN=C(NCC1CCCN1Cc1ccccc1)NCC1(CCOC)CCC1.I. The topological polar surface area (TPSA) is 48.9 Å². The molecule has 2 aliphatic rings. The maximum absolute atomic E-state index is 5.30. The molecule has 1 saturated carbocycles. The third-order valence-electron chi connectivity index (χ3n) is 6.34. The van der Waals surface area contributed by atoms with Crippen molar-refractivity contribution in [3.8, 4) is 0 Å². The molecule has 1 atom stereocenters. The number of likely N-dealkylation sites (tertiary alicyclic amines) is 1. The standard InChI is InChI=1S/C22H36N4O.HI/c1-23-21(25-18-22(11-7-12-22)13-15-27-2)24-16-20-10-6-14-26(20)17-19-8-4-3-5-9-19;/h3-5,8-9,20H,6-7,10-18H2,1-2H3,(H2,23,24,25);1H. The summed E-state index contributed by atoms with van der Waals surface area (Å²) >= 11 is 0. The second-order valence-electron chi connectivity index (χ2n) is 8.16. The van der Waals surface area contributed by atoms with E-state index in [4.69, 9.17) is 4.74 Å². The zero-order chi connectivity index (χ0) is 19.0. The highest BCUT2D eigenvalue weighted by atomic mass is 127. The molecule has 1 heterocycles. The van der Waals surface area contributed by atoms with Crippen molar-refractivity contribution in [3.63, 3.8) is 0 Å². The van der Waals surface area contributed by atoms with Crippen LogP contribution in [0.15, 0.2) is 35.3 Å². The summed E-state index contributed by atoms with van der Waals surface area (Å²) in [6.45, 7) is 5.03. The molecule has 1 aromatic carbocycles. The fraction of sp³-hybridized carbons (Fsp3) is 0.682. The minimum absolute atomic E-state index is 0. The molecule has 1 unspecified atom stereocenters. The Hall–Kier alpha value is -0.860. The number of methoxy groups -OCH3 is 1. The van der Waals surface area contributed by atoms with Crippen molar-refractivity contribution < 1.29 is 4.74 Å². The Morgan fingerprint density at radius 1 is 1.21 bits per heavy atom. The lowest BCUT2D eigenvalue weighted by Gasteiger charge is -2.42. The van der Waals surface area contributed by atoms with Gasteiger partial charge >= 0.3 is 0 Å². The summed E-state index contributed by atoms with van der Waals surface area (Å²) in [5.41, 5.74) is 1.80. The Morgan fingerprint density at radius 3 is 2.64 bits per heavy atom. The molecule has 1 aliphatic heterocycles. The van der Waals surface area contributed by atoms with Gasteiger partial charge in [0.15, 0.2) is 5.96 Å². The summed E-state index contributed by atoms with van der Waals surface area (Å²) < 4.78 is 5.30. The first kappa shape index (κ1) is 23.4. The van der Waals surface area contributed by atoms with Crippen LogP contribution in [0.25, 0.3) is 0 Å². The van der Waals surface area contributed by atoms with Crippen molar-refractivity contribution in [1.82, 2.24) is 15.5 Å². The van der Waals surface area contributed by atoms with Crippen LogP contribution >= 0.6 is 24.0 Å². The van der Waals surface area contributed by atoms with E-state index in [0.29, 0.717) is 11.5 Å². The highest BCUT2D eigenvalue weighted by Gasteiger charge is 2.36. The quantitative estimate of drug-likeness (QED) is 0.309. The average Bonchev–Trinajstić information content (AvgIpc) is 3.10. The van der Waals surface area contributed by atoms with E-state index in [1.807, 2.05) is 7.05 Å². The fourth-order valence-corrected chi connectivity index (χ4v) is 4.37. The number of nitrogens with zero attached hydrogens (tertiary/aromatic N) is 2. The van der Waals surface area contributed by atoms with Crippen LogP contribution in [-0.2, 0) is 11.3 Å². The van der Waals surface area contributed by atoms with Gasteiger partial charge in [0.2, 0.25) is 0 Å². The number of ether oxygens (including phenoxy) is 1. The van der Waals surface area contributed by atoms with Crippen molar-refractivity contribution in [2.75, 3.05) is 40.4 Å². The zero-order valence-electron chi connectivity index (χ0n) is 17.5. The fourth-order valence-electron chi connectivity index (χ4n) is 4.37. The summed E-state index contributed by atoms with van der Waals surface area (Å²) in [4.78, 5) is 7.04. The van der Waals surface area contributed by atoms with E-state index in [2.05, 4.69) is 50.9 Å². The third-order valence-corrected chi connectivity index (χ3v) is 6.34. The molecule has 0 bridgehead atoms. The van der Waals surface area contributed by atoms with Crippen LogP contribution in [0.4, 0.5) is 0 Å². The van der Waals surface area contributed by atoms with Gasteiger partial charge in [0.1, 0.15) is 0 Å². The highest BCUT2D eigenvalue weighted by Crippen LogP contribution is 2.43. The zero-order valence-corrected chi connectivity index (χ0v) is 19.8. The molecule has 1 saturated heterocycles. The smallest absolute Gasteiger partial charge is 0.191 e. The van der Waals surface area contributed by atoms with Crippen LogP contribution in [-0.4, -0.2) is 57.3 Å². The second kappa shape index (κ2) is 12.0. The van der Waals surface area contributed by atoms with E-state index in [1.165, 1.54) is 44.2 Å². The normalized spacial score (nSPS) is 21.6. The molecule has 3 rings (SSSR count). The molecule has 0 amide bonds. The van der Waals surface area contributed by atoms with Crippen molar-refractivity contribution in [2.45, 2.75) is 51.1 Å². The number of nitrogens with one attached hydrogen (secondary N) is 2. The van der Waals surface area contributed by atoms with E-state index in [-0.39, 0.29) is 24.0 Å². The molecule has 1 aromatic rings. The lowest BCUT2D eigenvalue weighted by atomic mass is 9.67. The Kier molecular flexibility index (Phi) is 10.0. The molecule has 6 heteroatoms. The van der Waals surface area contributed by atoms with Gasteiger partial charge in [-0.15, -0.1) is 24.0 Å². The lowest BCUT2D eigenvalue weighted by molar-refractivity contribution is 0.0732. The highest BCUT2D eigenvalue weighted by molar-refractivity contribution is 14.0. The van der Waals surface area contributed by atoms with Gasteiger partial charge in [-0.3, -0.25) is 9.89 Å². The largest absolute Gasteiger partial charge is 0.385 e. The van der Waals surface area contributed by atoms with Crippen LogP contribution in [0.2, 0.25) is 0 Å². The number of hydrogen-bond donors (Lipinski definition) is 2. The average molecular weight is 500 g/mol. The first-order chi connectivity index (χ1) is 13.2. The van der Waals surface area contributed by atoms with Crippen LogP contribution in [0.5, 0.6) is 0 Å². The number of halogens is 1. The van der Waals surface area contributed by atoms with Gasteiger partial charge in [-0.25, -0.2) is 0 Å². The lowest BCUT2D eigenvalue weighted by Crippen LogP contribution is -2.49. The monoisotopic (exact) mass is 500 g/mol. The van der Waals surface area contributed by atoms with Crippen molar-refractivity contribution in [3.05, 3.63) is 35.9 Å². The number of aliphatic imine (C=N–C) groups is 1. The molecule has 158 valence electrons. The van der Waals surface area contributed by atoms with Crippen molar-refractivity contribution >= 4 is 29.9 Å². The van der Waals surface area contributed by atoms with Crippen LogP contribution in [0, 0.1) is 5.41 Å². The summed E-state index contributed by atoms with van der Waals surface area (Å²) in [5.74, 6) is 0.935. The van der Waals surface area contributed by atoms with E-state index in [0.717, 1.165) is 38.6 Å². The van der Waals surface area contributed by atoms with E-state index < -0.39 is 0 Å². The molecule has 0 radical (unpaired) electrons. The van der Waals surface area contributed by atoms with Gasteiger partial charge in [-0.2, -0.15) is 0 Å². The maximum Gasteiger partial charge on any atom is 0.191 e. The molecule has 1 aliphatic carbocycles. The number of rotatable bonds is 9. The summed E-state index contributed by atoms with van der Waals surface area (Å²) in [6, 6.07) is 11.4. The summed E-state index contributed by atoms with van der Waals surface area (Å²) in [6.07, 6.45) is 7.62. The van der Waals surface area contributed by atoms with Crippen LogP contribution in [0.1, 0.15) is 44.1 Å². The molecule has 28 heavy (non-hydrogen) atoms. The molecular formula is C22H37IN4O. The minimum Gasteiger partial charge on any atom is -0.385 e.